The van der Waals surface area contributed by atoms with Crippen LogP contribution >= 0.6 is 0 Å². The van der Waals surface area contributed by atoms with E-state index in [4.69, 9.17) is 14.3 Å². The van der Waals surface area contributed by atoms with Gasteiger partial charge in [0, 0.05) is 5.56 Å². The molecule has 0 saturated heterocycles. The number of hydrogen-bond acceptors (Lipinski definition) is 5. The highest BCUT2D eigenvalue weighted by atomic mass is 16.5. The number of aromatic carboxylic acids is 1. The smallest absolute Gasteiger partial charge is 0.335 e. The average Bonchev–Trinajstić information content (AvgIpc) is 3.16. The molecule has 1 aromatic heterocycles. The number of amides is 1. The minimum absolute atomic E-state index is 0.200. The lowest BCUT2D eigenvalue weighted by Crippen LogP contribution is -2.18. The fourth-order valence-corrected chi connectivity index (χ4v) is 2.56. The monoisotopic (exact) mass is 378 g/mol. The number of nitrogens with one attached hydrogen (secondary N) is 1. The van der Waals surface area contributed by atoms with Gasteiger partial charge < -0.3 is 14.3 Å². The molecule has 0 aliphatic rings. The Bertz CT molecular complexity index is 1040. The first-order chi connectivity index (χ1) is 13.5. The zero-order valence-corrected chi connectivity index (χ0v) is 15.3. The summed E-state index contributed by atoms with van der Waals surface area (Å²) >= 11 is 0. The summed E-state index contributed by atoms with van der Waals surface area (Å²) in [5.41, 5.74) is 4.73. The predicted octanol–water partition coefficient (Wildman–Crippen LogP) is 3.73. The number of nitrogens with zero attached hydrogens (tertiary/aromatic N) is 1. The first-order valence-corrected chi connectivity index (χ1v) is 8.39. The third-order valence-electron chi connectivity index (χ3n) is 4.00. The van der Waals surface area contributed by atoms with Gasteiger partial charge in [0.1, 0.15) is 17.3 Å². The maximum atomic E-state index is 12.3. The van der Waals surface area contributed by atoms with Gasteiger partial charge in [-0.3, -0.25) is 4.79 Å². The molecular formula is C21H18N2O5. The standard InChI is InChI=1S/C21H18N2O5/c1-13-3-9-17(19(11-13)27-2)20(24)23-22-12-16-8-10-18(28-16)14-4-6-15(7-5-14)21(25)26/h3-12H,1-2H3,(H,23,24)(H,25,26). The number of rotatable bonds is 6. The van der Waals surface area contributed by atoms with Crippen molar-refractivity contribution in [3.05, 3.63) is 77.0 Å². The molecule has 1 amide bonds. The SMILES string of the molecule is COc1cc(C)ccc1C(=O)NN=Cc1ccc(-c2ccc(C(=O)O)cc2)o1. The molecule has 7 heteroatoms. The Kier molecular flexibility index (Phi) is 5.55. The first-order valence-electron chi connectivity index (χ1n) is 8.39. The Morgan fingerprint density at radius 2 is 1.86 bits per heavy atom. The van der Waals surface area contributed by atoms with Crippen LogP contribution in [-0.4, -0.2) is 30.3 Å². The van der Waals surface area contributed by atoms with Gasteiger partial charge in [-0.2, -0.15) is 5.10 Å². The Labute approximate surface area is 161 Å². The highest BCUT2D eigenvalue weighted by molar-refractivity contribution is 5.97. The topological polar surface area (TPSA) is 101 Å². The van der Waals surface area contributed by atoms with Crippen molar-refractivity contribution in [3.63, 3.8) is 0 Å². The van der Waals surface area contributed by atoms with Crippen LogP contribution < -0.4 is 10.2 Å². The molecule has 3 aromatic rings. The Morgan fingerprint density at radius 1 is 1.11 bits per heavy atom. The van der Waals surface area contributed by atoms with Crippen LogP contribution in [0, 0.1) is 6.92 Å². The predicted molar refractivity (Wildman–Crippen MR) is 104 cm³/mol. The van der Waals surface area contributed by atoms with Crippen LogP contribution in [0.3, 0.4) is 0 Å². The molecule has 0 fully saturated rings. The molecule has 7 nitrogen and oxygen atoms in total. The van der Waals surface area contributed by atoms with Gasteiger partial charge in [-0.15, -0.1) is 0 Å². The normalized spacial score (nSPS) is 10.8. The van der Waals surface area contributed by atoms with Gasteiger partial charge in [-0.1, -0.05) is 18.2 Å². The van der Waals surface area contributed by atoms with Crippen molar-refractivity contribution in [1.29, 1.82) is 0 Å². The number of carboxylic acid groups (broad SMARTS) is 1. The van der Waals surface area contributed by atoms with Gasteiger partial charge >= 0.3 is 5.97 Å². The third-order valence-corrected chi connectivity index (χ3v) is 4.00. The molecule has 142 valence electrons. The number of hydrogen-bond donors (Lipinski definition) is 2. The molecule has 0 radical (unpaired) electrons. The minimum Gasteiger partial charge on any atom is -0.496 e. The van der Waals surface area contributed by atoms with E-state index in [0.29, 0.717) is 22.8 Å². The van der Waals surface area contributed by atoms with Crippen molar-refractivity contribution in [1.82, 2.24) is 5.43 Å². The van der Waals surface area contributed by atoms with Crippen molar-refractivity contribution in [2.75, 3.05) is 7.11 Å². The van der Waals surface area contributed by atoms with Gasteiger partial charge in [-0.25, -0.2) is 10.2 Å². The molecular weight excluding hydrogens is 360 g/mol. The molecule has 1 heterocycles. The molecule has 0 saturated carbocycles. The first kappa shape index (κ1) is 18.9. The lowest BCUT2D eigenvalue weighted by molar-refractivity contribution is 0.0696. The molecule has 3 rings (SSSR count). The van der Waals surface area contributed by atoms with Gasteiger partial charge in [-0.05, 0) is 48.9 Å². The molecule has 0 aliphatic carbocycles. The summed E-state index contributed by atoms with van der Waals surface area (Å²) in [4.78, 5) is 23.2. The van der Waals surface area contributed by atoms with Crippen molar-refractivity contribution in [2.24, 2.45) is 5.10 Å². The highest BCUT2D eigenvalue weighted by Gasteiger charge is 2.11. The van der Waals surface area contributed by atoms with E-state index >= 15 is 0 Å². The minimum atomic E-state index is -0.986. The molecule has 2 N–H and O–H groups in total. The largest absolute Gasteiger partial charge is 0.496 e. The van der Waals surface area contributed by atoms with E-state index in [9.17, 15) is 9.59 Å². The number of furan rings is 1. The summed E-state index contributed by atoms with van der Waals surface area (Å²) in [6.07, 6.45) is 1.38. The van der Waals surface area contributed by atoms with Gasteiger partial charge in [0.15, 0.2) is 0 Å². The number of carboxylic acids is 1. The number of carbonyl (C=O) groups is 2. The second-order valence-electron chi connectivity index (χ2n) is 5.99. The van der Waals surface area contributed by atoms with Crippen LogP contribution in [0.25, 0.3) is 11.3 Å². The second kappa shape index (κ2) is 8.22. The molecule has 0 atom stereocenters. The fraction of sp³-hybridized carbons (Fsp3) is 0.0952. The van der Waals surface area contributed by atoms with Crippen LogP contribution in [0.1, 0.15) is 32.0 Å². The summed E-state index contributed by atoms with van der Waals surface area (Å²) in [5.74, 6) is 0.0834. The van der Waals surface area contributed by atoms with E-state index in [1.165, 1.54) is 25.5 Å². The van der Waals surface area contributed by atoms with E-state index in [0.717, 1.165) is 11.1 Å². The van der Waals surface area contributed by atoms with Crippen LogP contribution in [-0.2, 0) is 0 Å². The quantitative estimate of drug-likeness (QED) is 0.503. The van der Waals surface area contributed by atoms with Crippen molar-refractivity contribution >= 4 is 18.1 Å². The molecule has 2 aromatic carbocycles. The Balaban J connectivity index is 1.67. The lowest BCUT2D eigenvalue weighted by atomic mass is 10.1. The van der Waals surface area contributed by atoms with Crippen LogP contribution in [0.4, 0.5) is 0 Å². The number of benzene rings is 2. The zero-order chi connectivity index (χ0) is 20.1. The van der Waals surface area contributed by atoms with Crippen molar-refractivity contribution < 1.29 is 23.8 Å². The summed E-state index contributed by atoms with van der Waals surface area (Å²) in [7, 11) is 1.50. The Hall–Kier alpha value is -3.87. The maximum Gasteiger partial charge on any atom is 0.335 e. The van der Waals surface area contributed by atoms with Crippen molar-refractivity contribution in [2.45, 2.75) is 6.92 Å². The summed E-state index contributed by atoms with van der Waals surface area (Å²) in [5, 5.41) is 12.8. The lowest BCUT2D eigenvalue weighted by Gasteiger charge is -2.07. The fourth-order valence-electron chi connectivity index (χ4n) is 2.56. The number of aryl methyl sites for hydroxylation is 1. The number of carbonyl (C=O) groups excluding carboxylic acids is 1. The summed E-state index contributed by atoms with van der Waals surface area (Å²) in [6.45, 7) is 1.91. The maximum absolute atomic E-state index is 12.3. The van der Waals surface area contributed by atoms with E-state index in [2.05, 4.69) is 10.5 Å². The molecule has 0 unspecified atom stereocenters. The van der Waals surface area contributed by atoms with Gasteiger partial charge in [0.25, 0.3) is 5.91 Å². The number of methoxy groups -OCH3 is 1. The van der Waals surface area contributed by atoms with E-state index < -0.39 is 11.9 Å². The van der Waals surface area contributed by atoms with Crippen LogP contribution in [0.15, 0.2) is 64.1 Å². The van der Waals surface area contributed by atoms with Crippen LogP contribution in [0.2, 0.25) is 0 Å². The highest BCUT2D eigenvalue weighted by Crippen LogP contribution is 2.22. The second-order valence-corrected chi connectivity index (χ2v) is 5.99. The number of ether oxygens (including phenoxy) is 1. The van der Waals surface area contributed by atoms with Crippen molar-refractivity contribution in [3.8, 4) is 17.1 Å². The zero-order valence-electron chi connectivity index (χ0n) is 15.3. The average molecular weight is 378 g/mol. The number of hydrazone groups is 1. The molecule has 0 bridgehead atoms. The molecule has 28 heavy (non-hydrogen) atoms. The van der Waals surface area contributed by atoms with Gasteiger partial charge in [0.05, 0.1) is 24.5 Å². The summed E-state index contributed by atoms with van der Waals surface area (Å²) in [6, 6.07) is 15.0. The van der Waals surface area contributed by atoms with Gasteiger partial charge in [0.2, 0.25) is 0 Å². The van der Waals surface area contributed by atoms with E-state index in [1.807, 2.05) is 13.0 Å². The van der Waals surface area contributed by atoms with E-state index in [-0.39, 0.29) is 5.56 Å². The Morgan fingerprint density at radius 3 is 2.54 bits per heavy atom. The van der Waals surface area contributed by atoms with E-state index in [1.54, 1.807) is 36.4 Å². The summed E-state index contributed by atoms with van der Waals surface area (Å²) < 4.78 is 10.9. The molecule has 0 spiro atoms. The molecule has 0 aliphatic heterocycles. The third kappa shape index (κ3) is 4.27. The van der Waals surface area contributed by atoms with Crippen LogP contribution in [0.5, 0.6) is 5.75 Å².